The summed E-state index contributed by atoms with van der Waals surface area (Å²) < 4.78 is 0. The van der Waals surface area contributed by atoms with Gasteiger partial charge in [-0.1, -0.05) is 29.5 Å². The molecule has 35 heavy (non-hydrogen) atoms. The number of carboxylic acid groups (broad SMARTS) is 1. The maximum Gasteiger partial charge on any atom is 0.347 e. The van der Waals surface area contributed by atoms with Crippen molar-refractivity contribution in [2.75, 3.05) is 28.6 Å². The molecule has 1 atom stereocenters. The van der Waals surface area contributed by atoms with E-state index in [-0.39, 0.29) is 16.7 Å². The Labute approximate surface area is 207 Å². The number of benzene rings is 1. The van der Waals surface area contributed by atoms with Crippen LogP contribution in [0.3, 0.4) is 0 Å². The van der Waals surface area contributed by atoms with Crippen molar-refractivity contribution in [1.29, 1.82) is 0 Å². The van der Waals surface area contributed by atoms with E-state index >= 15 is 0 Å². The van der Waals surface area contributed by atoms with Gasteiger partial charge in [0.25, 0.3) is 0 Å². The van der Waals surface area contributed by atoms with Gasteiger partial charge in [-0.2, -0.15) is 9.97 Å². The number of anilines is 4. The number of carboxylic acids is 1. The Morgan fingerprint density at radius 2 is 1.94 bits per heavy atom. The number of hydrogen-bond acceptors (Lipinski definition) is 9. The molecular weight excluding hydrogens is 466 g/mol. The minimum absolute atomic E-state index is 0.164. The second kappa shape index (κ2) is 10.3. The highest BCUT2D eigenvalue weighted by molar-refractivity contribution is 7.17. The molecule has 2 aromatic heterocycles. The van der Waals surface area contributed by atoms with Crippen LogP contribution < -0.4 is 21.3 Å². The zero-order chi connectivity index (χ0) is 25.1. The first-order valence-corrected chi connectivity index (χ1v) is 12.2. The predicted molar refractivity (Wildman–Crippen MR) is 136 cm³/mol. The van der Waals surface area contributed by atoms with Crippen LogP contribution in [0.25, 0.3) is 0 Å². The lowest BCUT2D eigenvalue weighted by Gasteiger charge is -2.32. The first kappa shape index (κ1) is 24.4. The summed E-state index contributed by atoms with van der Waals surface area (Å²) in [5.74, 6) is -0.0176. The number of aromatic nitrogens is 3. The summed E-state index contributed by atoms with van der Waals surface area (Å²) in [7, 11) is 0. The standard InChI is InChI=1S/C24H29N7O3S/c1-13-6-4-7-14(2)17(13)11-26-18-10-19(31-9-5-8-16(12-31)21(25)32)29-23(28-18)30-24-27-15(3)20(35-24)22(33)34/h4,6-7,10,16H,5,8-9,11-12H2,1-3H3,(H2,25,32)(H,33,34)(H2,26,27,28,29,30). The summed E-state index contributed by atoms with van der Waals surface area (Å²) in [6.45, 7) is 7.61. The summed E-state index contributed by atoms with van der Waals surface area (Å²) in [5, 5.41) is 16.2. The van der Waals surface area contributed by atoms with Gasteiger partial charge < -0.3 is 21.1 Å². The number of primary amides is 1. The van der Waals surface area contributed by atoms with Gasteiger partial charge in [0.05, 0.1) is 11.6 Å². The highest BCUT2D eigenvalue weighted by atomic mass is 32.1. The Morgan fingerprint density at radius 1 is 1.20 bits per heavy atom. The molecule has 3 heterocycles. The largest absolute Gasteiger partial charge is 0.477 e. The number of amides is 1. The van der Waals surface area contributed by atoms with Crippen molar-refractivity contribution in [2.45, 2.75) is 40.2 Å². The number of aryl methyl sites for hydroxylation is 3. The number of thiazole rings is 1. The number of rotatable bonds is 8. The van der Waals surface area contributed by atoms with Crippen LogP contribution in [0.4, 0.5) is 22.7 Å². The quantitative estimate of drug-likeness (QED) is 0.368. The minimum Gasteiger partial charge on any atom is -0.477 e. The zero-order valence-electron chi connectivity index (χ0n) is 20.0. The molecular formula is C24H29N7O3S. The maximum absolute atomic E-state index is 11.8. The summed E-state index contributed by atoms with van der Waals surface area (Å²) in [4.78, 5) is 39.0. The van der Waals surface area contributed by atoms with Gasteiger partial charge >= 0.3 is 5.97 Å². The molecule has 3 aromatic rings. The monoisotopic (exact) mass is 495 g/mol. The van der Waals surface area contributed by atoms with E-state index in [0.29, 0.717) is 41.5 Å². The summed E-state index contributed by atoms with van der Waals surface area (Å²) in [5.41, 5.74) is 9.56. The van der Waals surface area contributed by atoms with Crippen LogP contribution in [0.15, 0.2) is 24.3 Å². The van der Waals surface area contributed by atoms with Crippen molar-refractivity contribution in [3.8, 4) is 0 Å². The van der Waals surface area contributed by atoms with E-state index < -0.39 is 5.97 Å². The van der Waals surface area contributed by atoms with Crippen molar-refractivity contribution in [3.05, 3.63) is 51.5 Å². The number of hydrogen-bond donors (Lipinski definition) is 4. The molecule has 0 aliphatic carbocycles. The molecule has 1 saturated heterocycles. The van der Waals surface area contributed by atoms with Gasteiger partial charge in [0, 0.05) is 25.7 Å². The van der Waals surface area contributed by atoms with Gasteiger partial charge in [0.2, 0.25) is 11.9 Å². The van der Waals surface area contributed by atoms with Crippen LogP contribution in [0.2, 0.25) is 0 Å². The van der Waals surface area contributed by atoms with Crippen molar-refractivity contribution >= 4 is 45.9 Å². The first-order chi connectivity index (χ1) is 16.7. The summed E-state index contributed by atoms with van der Waals surface area (Å²) in [6.07, 6.45) is 1.59. The van der Waals surface area contributed by atoms with Gasteiger partial charge in [-0.3, -0.25) is 10.1 Å². The molecule has 1 amide bonds. The lowest BCUT2D eigenvalue weighted by atomic mass is 9.97. The molecule has 0 spiro atoms. The van der Waals surface area contributed by atoms with Crippen molar-refractivity contribution in [2.24, 2.45) is 11.7 Å². The molecule has 4 rings (SSSR count). The van der Waals surface area contributed by atoms with Gasteiger partial charge in [-0.05, 0) is 50.3 Å². The topological polar surface area (TPSA) is 146 Å². The third-order valence-corrected chi connectivity index (χ3v) is 7.22. The normalized spacial score (nSPS) is 15.6. The number of aromatic carboxylic acids is 1. The van der Waals surface area contributed by atoms with E-state index in [0.717, 1.165) is 30.7 Å². The molecule has 5 N–H and O–H groups in total. The lowest BCUT2D eigenvalue weighted by Crippen LogP contribution is -2.41. The summed E-state index contributed by atoms with van der Waals surface area (Å²) >= 11 is 1.03. The third-order valence-electron chi connectivity index (χ3n) is 6.16. The number of carbonyl (C=O) groups is 2. The van der Waals surface area contributed by atoms with E-state index in [4.69, 9.17) is 5.73 Å². The Hall–Kier alpha value is -3.73. The fraction of sp³-hybridized carbons (Fsp3) is 0.375. The van der Waals surface area contributed by atoms with Gasteiger partial charge in [-0.25, -0.2) is 9.78 Å². The van der Waals surface area contributed by atoms with Crippen LogP contribution in [0.1, 0.15) is 44.9 Å². The second-order valence-electron chi connectivity index (χ2n) is 8.71. The lowest BCUT2D eigenvalue weighted by molar-refractivity contribution is -0.122. The molecule has 184 valence electrons. The fourth-order valence-electron chi connectivity index (χ4n) is 4.21. The number of nitrogens with two attached hydrogens (primary N) is 1. The summed E-state index contributed by atoms with van der Waals surface area (Å²) in [6, 6.07) is 8.04. The third kappa shape index (κ3) is 5.68. The van der Waals surface area contributed by atoms with Gasteiger partial charge in [0.15, 0.2) is 5.13 Å². The fourth-order valence-corrected chi connectivity index (χ4v) is 5.01. The molecule has 1 unspecified atom stereocenters. The van der Waals surface area contributed by atoms with Crippen LogP contribution in [-0.2, 0) is 11.3 Å². The van der Waals surface area contributed by atoms with E-state index in [1.807, 2.05) is 17.0 Å². The molecule has 10 nitrogen and oxygen atoms in total. The maximum atomic E-state index is 11.8. The number of piperidine rings is 1. The molecule has 0 bridgehead atoms. The molecule has 1 aliphatic heterocycles. The smallest absolute Gasteiger partial charge is 0.347 e. The minimum atomic E-state index is -1.02. The van der Waals surface area contributed by atoms with E-state index in [9.17, 15) is 14.7 Å². The van der Waals surface area contributed by atoms with Crippen molar-refractivity contribution in [1.82, 2.24) is 15.0 Å². The van der Waals surface area contributed by atoms with Crippen molar-refractivity contribution in [3.63, 3.8) is 0 Å². The Bertz CT molecular complexity index is 1240. The van der Waals surface area contributed by atoms with E-state index in [1.54, 1.807) is 6.92 Å². The predicted octanol–water partition coefficient (Wildman–Crippen LogP) is 3.61. The first-order valence-electron chi connectivity index (χ1n) is 11.4. The molecule has 1 aliphatic rings. The molecule has 11 heteroatoms. The zero-order valence-corrected chi connectivity index (χ0v) is 20.8. The Kier molecular flexibility index (Phi) is 7.15. The van der Waals surface area contributed by atoms with Crippen LogP contribution in [0.5, 0.6) is 0 Å². The van der Waals surface area contributed by atoms with E-state index in [2.05, 4.69) is 51.6 Å². The number of nitrogens with one attached hydrogen (secondary N) is 2. The van der Waals surface area contributed by atoms with Crippen molar-refractivity contribution < 1.29 is 14.7 Å². The average molecular weight is 496 g/mol. The SMILES string of the molecule is Cc1cccc(C)c1CNc1cc(N2CCCC(C(N)=O)C2)nc(Nc2nc(C)c(C(=O)O)s2)n1. The Balaban J connectivity index is 1.64. The van der Waals surface area contributed by atoms with Gasteiger partial charge in [-0.15, -0.1) is 0 Å². The number of nitrogens with zero attached hydrogens (tertiary/aromatic N) is 4. The average Bonchev–Trinajstić information content (AvgIpc) is 3.19. The van der Waals surface area contributed by atoms with Crippen LogP contribution >= 0.6 is 11.3 Å². The van der Waals surface area contributed by atoms with E-state index in [1.165, 1.54) is 16.7 Å². The number of carbonyl (C=O) groups excluding carboxylic acids is 1. The molecule has 1 fully saturated rings. The van der Waals surface area contributed by atoms with Gasteiger partial charge in [0.1, 0.15) is 16.5 Å². The second-order valence-corrected chi connectivity index (χ2v) is 9.71. The molecule has 1 aromatic carbocycles. The van der Waals surface area contributed by atoms with Crippen LogP contribution in [-0.4, -0.2) is 45.0 Å². The molecule has 0 radical (unpaired) electrons. The van der Waals surface area contributed by atoms with Crippen LogP contribution in [0, 0.1) is 26.7 Å². The Morgan fingerprint density at radius 3 is 2.60 bits per heavy atom. The highest BCUT2D eigenvalue weighted by Gasteiger charge is 2.26. The molecule has 0 saturated carbocycles. The highest BCUT2D eigenvalue weighted by Crippen LogP contribution is 2.28.